The number of carbonyl (C=O) groups is 2. The predicted molar refractivity (Wildman–Crippen MR) is 326 cm³/mol. The van der Waals surface area contributed by atoms with Crippen LogP contribution >= 0.6 is 42.1 Å². The van der Waals surface area contributed by atoms with E-state index in [9.17, 15) is 35.1 Å². The van der Waals surface area contributed by atoms with E-state index < -0.39 is 109 Å². The molecule has 3 aromatic rings. The Morgan fingerprint density at radius 2 is 1.28 bits per heavy atom. The molecule has 3 aromatic carbocycles. The number of methoxy groups -OCH3 is 1. The number of likely N-dealkylation sites (N-methyl/N-ethyl adjacent to an activating group) is 1. The minimum absolute atomic E-state index is 0.0763. The van der Waals surface area contributed by atoms with Crippen molar-refractivity contribution < 1.29 is 58.8 Å². The molecule has 0 aliphatic carbocycles. The summed E-state index contributed by atoms with van der Waals surface area (Å²) in [6.45, 7) is 17.7. The summed E-state index contributed by atoms with van der Waals surface area (Å²) in [7, 11) is 2.67. The van der Waals surface area contributed by atoms with Gasteiger partial charge in [-0.2, -0.15) is 0 Å². The van der Waals surface area contributed by atoms with Crippen LogP contribution in [0.25, 0.3) is 0 Å². The average molecular weight is 1210 g/mol. The van der Waals surface area contributed by atoms with Gasteiger partial charge in [0.1, 0.15) is 18.3 Å². The van der Waals surface area contributed by atoms with E-state index in [1.54, 1.807) is 46.4 Å². The molecule has 1 unspecified atom stereocenters. The van der Waals surface area contributed by atoms with E-state index in [4.69, 9.17) is 58.5 Å². The van der Waals surface area contributed by atoms with Crippen molar-refractivity contribution in [3.05, 3.63) is 87.9 Å². The summed E-state index contributed by atoms with van der Waals surface area (Å²) in [6.07, 6.45) is -2.88. The average Bonchev–Trinajstić information content (AvgIpc) is 3.41. The fraction of sp³-hybridized carbons (Fsp3) is 0.683. The molecule has 456 valence electrons. The summed E-state index contributed by atoms with van der Waals surface area (Å²) >= 11 is 19.3. The van der Waals surface area contributed by atoms with Gasteiger partial charge >= 0.3 is 268 Å². The number of hydrogen-bond donors (Lipinski definition) is 5. The number of hydrogen-bond acceptors (Lipinski definition) is 13. The Bertz CT molecular complexity index is 2360. The van der Waals surface area contributed by atoms with Crippen LogP contribution in [0.15, 0.2) is 72.8 Å². The number of benzene rings is 3. The van der Waals surface area contributed by atoms with Gasteiger partial charge in [0.25, 0.3) is 0 Å². The third-order valence-electron chi connectivity index (χ3n) is 18.5. The van der Waals surface area contributed by atoms with Crippen molar-refractivity contribution >= 4 is 69.9 Å². The Hall–Kier alpha value is -2.50. The van der Waals surface area contributed by atoms with Crippen molar-refractivity contribution in [2.24, 2.45) is 23.7 Å². The zero-order valence-corrected chi connectivity index (χ0v) is 53.5. The van der Waals surface area contributed by atoms with Gasteiger partial charge in [0, 0.05) is 25.5 Å². The predicted octanol–water partition coefficient (Wildman–Crippen LogP) is 9.10. The number of esters is 1. The SMILES string of the molecule is CC[C@H]1OC(=O)[C@H](C)C([C@H]2C[C@@](C)(OC)[C@@H](O)[C@H](C)O2)[C@H](C)[C@@H](O[C@@H]2O[C@H](C)C[C@H](N(C)C)[C@H]2O)[C@](C)(O)C[C@@H](C)CN(C(=O)CCCCCCC[PH](c2ccc(Cl)cc2)(c2ccc(Cl)cc2)c2ccc(Cl)cc2)[C@H](C)[C@@H](O)[C@]1(C)O. The number of nitrogens with zero attached hydrogens (tertiary/aromatic N) is 2. The number of aliphatic hydroxyl groups excluding tert-OH is 3. The second kappa shape index (κ2) is 28.8. The fourth-order valence-electron chi connectivity index (χ4n) is 13.9. The Labute approximate surface area is 498 Å². The summed E-state index contributed by atoms with van der Waals surface area (Å²) in [4.78, 5) is 33.2. The summed E-state index contributed by atoms with van der Waals surface area (Å²) in [5, 5.41) is 66.8. The Morgan fingerprint density at radius 1 is 0.765 bits per heavy atom. The van der Waals surface area contributed by atoms with Crippen LogP contribution in [0.3, 0.4) is 0 Å². The van der Waals surface area contributed by atoms with E-state index >= 15 is 0 Å². The van der Waals surface area contributed by atoms with Crippen LogP contribution in [0.5, 0.6) is 0 Å². The number of unbranched alkanes of at least 4 members (excludes halogenated alkanes) is 4. The van der Waals surface area contributed by atoms with Crippen molar-refractivity contribution in [2.75, 3.05) is 33.9 Å². The molecule has 5 N–H and O–H groups in total. The maximum atomic E-state index is 14.9. The number of ether oxygens (including phenoxy) is 5. The number of rotatable bonds is 17. The first-order valence-corrected chi connectivity index (χ1v) is 32.8. The number of halogens is 3. The molecule has 3 heterocycles. The van der Waals surface area contributed by atoms with Gasteiger partial charge in [-0.3, -0.25) is 4.79 Å². The second-order valence-corrected chi connectivity index (χ2v) is 30.4. The van der Waals surface area contributed by atoms with E-state index in [0.717, 1.165) is 31.8 Å². The summed E-state index contributed by atoms with van der Waals surface area (Å²) in [5.74, 6) is -3.79. The van der Waals surface area contributed by atoms with Crippen LogP contribution in [0.2, 0.25) is 15.1 Å². The molecular weight excluding hydrogens is 1110 g/mol. The number of carbonyl (C=O) groups excluding carboxylic acids is 2. The first-order valence-electron chi connectivity index (χ1n) is 29.5. The minimum atomic E-state index is -2.62. The van der Waals surface area contributed by atoms with Crippen molar-refractivity contribution in [1.82, 2.24) is 9.80 Å². The number of amides is 1. The molecule has 3 saturated heterocycles. The topological polar surface area (TPSA) is 188 Å². The molecule has 14 nitrogen and oxygen atoms in total. The van der Waals surface area contributed by atoms with Crippen molar-refractivity contribution in [3.8, 4) is 0 Å². The molecule has 0 spiro atoms. The summed E-state index contributed by atoms with van der Waals surface area (Å²) < 4.78 is 32.2. The molecule has 0 radical (unpaired) electrons. The van der Waals surface area contributed by atoms with Crippen molar-refractivity contribution in [1.29, 1.82) is 0 Å². The van der Waals surface area contributed by atoms with E-state index in [1.165, 1.54) is 29.9 Å². The molecule has 3 aliphatic rings. The molecular formula is C63H96Cl3N2O12P. The van der Waals surface area contributed by atoms with E-state index in [1.807, 2.05) is 76.2 Å². The smallest absolute Gasteiger partial charge is 0.383 e. The third kappa shape index (κ3) is 15.7. The molecule has 3 fully saturated rings. The van der Waals surface area contributed by atoms with Gasteiger partial charge in [0.05, 0.1) is 41.5 Å². The molecule has 81 heavy (non-hydrogen) atoms. The second-order valence-electron chi connectivity index (χ2n) is 25.1. The van der Waals surface area contributed by atoms with E-state index in [2.05, 4.69) is 36.4 Å². The summed E-state index contributed by atoms with van der Waals surface area (Å²) in [5.41, 5.74) is -4.80. The van der Waals surface area contributed by atoms with Gasteiger partial charge in [-0.1, -0.05) is 20.8 Å². The van der Waals surface area contributed by atoms with Gasteiger partial charge in [-0.05, 0) is 67.5 Å². The number of aliphatic hydroxyl groups is 5. The zero-order valence-electron chi connectivity index (χ0n) is 50.2. The Kier molecular flexibility index (Phi) is 24.0. The normalized spacial score (nSPS) is 36.1. The first kappa shape index (κ1) is 67.6. The van der Waals surface area contributed by atoms with Gasteiger partial charge < -0.3 is 49.0 Å². The molecule has 1 amide bonds. The van der Waals surface area contributed by atoms with Gasteiger partial charge in [0.15, 0.2) is 6.29 Å². The Balaban J connectivity index is 1.28. The van der Waals surface area contributed by atoms with Crippen molar-refractivity contribution in [3.63, 3.8) is 0 Å². The standard InChI is InChI=1S/C63H96Cl3N2O12P/c1-14-52-63(10,75)56(71)42(6)68(53(69)20-18-16-15-17-19-33-81(47-27-21-44(64)22-28-47,48-29-23-45(65)24-30-48)49-31-25-46(66)26-32-49)37-38(2)35-61(8,74)58(80-60-55(70)50(67(11)12)34-39(3)77-60)40(4)54(41(5)59(73)79-52)51-36-62(9,76-13)57(72)43(7)78-51/h21-32,38-43,50-52,54-58,60,70-72,74-75,81H,14-20,33-37H2,1-13H3/t38-,39-,40+,41-,42-,43+,50+,51-,52-,54?,55-,56-,57+,58-,60+,61-,62-,63-/m1/s1. The zero-order chi connectivity index (χ0) is 59.9. The molecule has 6 rings (SSSR count). The number of cyclic esters (lactones) is 1. The monoisotopic (exact) mass is 1210 g/mol. The van der Waals surface area contributed by atoms with Crippen LogP contribution in [-0.4, -0.2) is 165 Å². The van der Waals surface area contributed by atoms with Gasteiger partial charge in [-0.25, -0.2) is 0 Å². The van der Waals surface area contributed by atoms with E-state index in [-0.39, 0.29) is 50.3 Å². The van der Waals surface area contributed by atoms with Crippen LogP contribution < -0.4 is 15.9 Å². The third-order valence-corrected chi connectivity index (χ3v) is 24.4. The van der Waals surface area contributed by atoms with Crippen molar-refractivity contribution in [2.45, 2.75) is 217 Å². The quantitative estimate of drug-likeness (QED) is 0.0490. The Morgan fingerprint density at radius 3 is 1.79 bits per heavy atom. The molecule has 0 aromatic heterocycles. The molecule has 3 aliphatic heterocycles. The fourth-order valence-corrected chi connectivity index (χ4v) is 19.1. The van der Waals surface area contributed by atoms with Crippen LogP contribution in [0, 0.1) is 23.7 Å². The molecule has 18 heteroatoms. The van der Waals surface area contributed by atoms with Gasteiger partial charge in [-0.15, -0.1) is 0 Å². The minimum Gasteiger partial charge on any atom is -0.383 e. The molecule has 0 bridgehead atoms. The molecule has 18 atom stereocenters. The van der Waals surface area contributed by atoms with Gasteiger partial charge in [0.2, 0.25) is 0 Å². The maximum absolute atomic E-state index is 14.9. The van der Waals surface area contributed by atoms with Crippen LogP contribution in [0.1, 0.15) is 133 Å². The van der Waals surface area contributed by atoms with Crippen LogP contribution in [0.4, 0.5) is 0 Å². The van der Waals surface area contributed by atoms with E-state index in [0.29, 0.717) is 27.9 Å². The summed E-state index contributed by atoms with van der Waals surface area (Å²) in [6, 6.07) is 23.2. The first-order chi connectivity index (χ1) is 38.0. The molecule has 0 saturated carbocycles. The van der Waals surface area contributed by atoms with Crippen LogP contribution in [-0.2, 0) is 33.3 Å².